The highest BCUT2D eigenvalue weighted by molar-refractivity contribution is 5.87. The molecule has 18 heavy (non-hydrogen) atoms. The van der Waals surface area contributed by atoms with Crippen molar-refractivity contribution in [3.8, 4) is 5.75 Å². The molecule has 4 heteroatoms. The van der Waals surface area contributed by atoms with Crippen LogP contribution in [0.3, 0.4) is 0 Å². The zero-order chi connectivity index (χ0) is 13.8. The van der Waals surface area contributed by atoms with Crippen molar-refractivity contribution in [3.05, 3.63) is 24.3 Å². The van der Waals surface area contributed by atoms with Crippen LogP contribution in [0.4, 0.5) is 5.69 Å². The molecule has 0 saturated heterocycles. The van der Waals surface area contributed by atoms with Gasteiger partial charge in [0.05, 0.1) is 7.11 Å². The third kappa shape index (κ3) is 2.94. The first-order valence-electron chi connectivity index (χ1n) is 6.16. The molecule has 2 unspecified atom stereocenters. The monoisotopic (exact) mass is 250 g/mol. The highest BCUT2D eigenvalue weighted by Crippen LogP contribution is 2.27. The maximum atomic E-state index is 11.7. The molecule has 0 radical (unpaired) electrons. The summed E-state index contributed by atoms with van der Waals surface area (Å²) < 4.78 is 5.16. The second-order valence-electron chi connectivity index (χ2n) is 4.73. The summed E-state index contributed by atoms with van der Waals surface area (Å²) in [6.07, 6.45) is 0.871. The van der Waals surface area contributed by atoms with E-state index in [9.17, 15) is 4.79 Å². The standard InChI is InChI=1S/C14H22N2O2/c1-5-10(2)14(3,13(15)17)16-11-7-6-8-12(9-11)18-4/h6-10,16H,5H2,1-4H3,(H2,15,17). The lowest BCUT2D eigenvalue weighted by atomic mass is 9.84. The maximum Gasteiger partial charge on any atom is 0.243 e. The lowest BCUT2D eigenvalue weighted by Crippen LogP contribution is -2.52. The number of anilines is 1. The summed E-state index contributed by atoms with van der Waals surface area (Å²) in [5.74, 6) is 0.539. The van der Waals surface area contributed by atoms with Gasteiger partial charge >= 0.3 is 0 Å². The molecule has 0 aliphatic rings. The zero-order valence-corrected chi connectivity index (χ0v) is 11.5. The first-order chi connectivity index (χ1) is 8.43. The summed E-state index contributed by atoms with van der Waals surface area (Å²) in [5, 5.41) is 3.23. The number of primary amides is 1. The molecule has 100 valence electrons. The molecule has 2 atom stereocenters. The number of hydrogen-bond acceptors (Lipinski definition) is 3. The summed E-state index contributed by atoms with van der Waals surface area (Å²) in [6.45, 7) is 5.89. The van der Waals surface area contributed by atoms with Crippen LogP contribution in [0.15, 0.2) is 24.3 Å². The van der Waals surface area contributed by atoms with Gasteiger partial charge in [0.25, 0.3) is 0 Å². The van der Waals surface area contributed by atoms with E-state index in [0.29, 0.717) is 0 Å². The second kappa shape index (κ2) is 5.76. The van der Waals surface area contributed by atoms with Gasteiger partial charge in [0.2, 0.25) is 5.91 Å². The number of carbonyl (C=O) groups excluding carboxylic acids is 1. The number of carbonyl (C=O) groups is 1. The normalized spacial score (nSPS) is 15.6. The molecule has 0 fully saturated rings. The van der Waals surface area contributed by atoms with Crippen LogP contribution >= 0.6 is 0 Å². The molecular weight excluding hydrogens is 228 g/mol. The van der Waals surface area contributed by atoms with Gasteiger partial charge in [-0.1, -0.05) is 26.3 Å². The van der Waals surface area contributed by atoms with Crippen molar-refractivity contribution in [2.24, 2.45) is 11.7 Å². The van der Waals surface area contributed by atoms with Gasteiger partial charge in [0, 0.05) is 11.8 Å². The first kappa shape index (κ1) is 14.4. The summed E-state index contributed by atoms with van der Waals surface area (Å²) >= 11 is 0. The van der Waals surface area contributed by atoms with Crippen molar-refractivity contribution < 1.29 is 9.53 Å². The van der Waals surface area contributed by atoms with Crippen LogP contribution in [0.25, 0.3) is 0 Å². The minimum absolute atomic E-state index is 0.140. The molecule has 0 aliphatic heterocycles. The number of benzene rings is 1. The van der Waals surface area contributed by atoms with Gasteiger partial charge < -0.3 is 15.8 Å². The molecule has 3 N–H and O–H groups in total. The van der Waals surface area contributed by atoms with Crippen molar-refractivity contribution in [1.29, 1.82) is 0 Å². The van der Waals surface area contributed by atoms with Crippen LogP contribution < -0.4 is 15.8 Å². The van der Waals surface area contributed by atoms with Gasteiger partial charge in [-0.3, -0.25) is 4.79 Å². The van der Waals surface area contributed by atoms with Crippen molar-refractivity contribution >= 4 is 11.6 Å². The first-order valence-corrected chi connectivity index (χ1v) is 6.16. The van der Waals surface area contributed by atoms with Crippen LogP contribution in [-0.2, 0) is 4.79 Å². The molecule has 1 amide bonds. The minimum atomic E-state index is -0.763. The third-order valence-electron chi connectivity index (χ3n) is 3.58. The Bertz CT molecular complexity index is 420. The Morgan fingerprint density at radius 1 is 1.56 bits per heavy atom. The molecular formula is C14H22N2O2. The molecule has 4 nitrogen and oxygen atoms in total. The number of rotatable bonds is 6. The highest BCUT2D eigenvalue weighted by Gasteiger charge is 2.36. The van der Waals surface area contributed by atoms with E-state index in [4.69, 9.17) is 10.5 Å². The van der Waals surface area contributed by atoms with Crippen molar-refractivity contribution in [2.45, 2.75) is 32.7 Å². The van der Waals surface area contributed by atoms with Crippen LogP contribution in [0, 0.1) is 5.92 Å². The van der Waals surface area contributed by atoms with Gasteiger partial charge in [0.1, 0.15) is 11.3 Å². The number of ether oxygens (including phenoxy) is 1. The van der Waals surface area contributed by atoms with E-state index in [1.165, 1.54) is 0 Å². The Balaban J connectivity index is 3.00. The van der Waals surface area contributed by atoms with Crippen molar-refractivity contribution in [2.75, 3.05) is 12.4 Å². The number of amides is 1. The SMILES string of the molecule is CCC(C)C(C)(Nc1cccc(OC)c1)C(N)=O. The fourth-order valence-corrected chi connectivity index (χ4v) is 1.84. The maximum absolute atomic E-state index is 11.7. The van der Waals surface area contributed by atoms with Gasteiger partial charge in [0.15, 0.2) is 0 Å². The predicted molar refractivity (Wildman–Crippen MR) is 73.7 cm³/mol. The van der Waals surface area contributed by atoms with Gasteiger partial charge in [-0.2, -0.15) is 0 Å². The molecule has 0 heterocycles. The highest BCUT2D eigenvalue weighted by atomic mass is 16.5. The van der Waals surface area contributed by atoms with Crippen molar-refractivity contribution in [3.63, 3.8) is 0 Å². The van der Waals surface area contributed by atoms with Crippen LogP contribution in [-0.4, -0.2) is 18.6 Å². The van der Waals surface area contributed by atoms with E-state index in [1.54, 1.807) is 7.11 Å². The largest absolute Gasteiger partial charge is 0.497 e. The van der Waals surface area contributed by atoms with Crippen LogP contribution in [0.2, 0.25) is 0 Å². The number of methoxy groups -OCH3 is 1. The van der Waals surface area contributed by atoms with E-state index < -0.39 is 5.54 Å². The average molecular weight is 250 g/mol. The van der Waals surface area contributed by atoms with Gasteiger partial charge in [-0.15, -0.1) is 0 Å². The Morgan fingerprint density at radius 2 is 2.22 bits per heavy atom. The summed E-state index contributed by atoms with van der Waals surface area (Å²) in [4.78, 5) is 11.7. The molecule has 0 bridgehead atoms. The van der Waals surface area contributed by atoms with Crippen LogP contribution in [0.1, 0.15) is 27.2 Å². The number of nitrogens with one attached hydrogen (secondary N) is 1. The lowest BCUT2D eigenvalue weighted by Gasteiger charge is -2.34. The smallest absolute Gasteiger partial charge is 0.243 e. The zero-order valence-electron chi connectivity index (χ0n) is 11.5. The molecule has 0 aromatic heterocycles. The fraction of sp³-hybridized carbons (Fsp3) is 0.500. The third-order valence-corrected chi connectivity index (χ3v) is 3.58. The Hall–Kier alpha value is -1.71. The molecule has 0 spiro atoms. The number of nitrogens with two attached hydrogens (primary N) is 1. The Kier molecular flexibility index (Phi) is 4.59. The minimum Gasteiger partial charge on any atom is -0.497 e. The second-order valence-corrected chi connectivity index (χ2v) is 4.73. The van der Waals surface area contributed by atoms with E-state index in [0.717, 1.165) is 17.9 Å². The summed E-state index contributed by atoms with van der Waals surface area (Å²) in [6, 6.07) is 7.48. The molecule has 1 aromatic rings. The topological polar surface area (TPSA) is 64.3 Å². The number of hydrogen-bond donors (Lipinski definition) is 2. The van der Waals surface area contributed by atoms with E-state index in [2.05, 4.69) is 5.32 Å². The van der Waals surface area contributed by atoms with E-state index in [-0.39, 0.29) is 11.8 Å². The average Bonchev–Trinajstić information content (AvgIpc) is 2.37. The Morgan fingerprint density at radius 3 is 2.72 bits per heavy atom. The van der Waals surface area contributed by atoms with Crippen LogP contribution in [0.5, 0.6) is 5.75 Å². The Labute approximate surface area is 109 Å². The lowest BCUT2D eigenvalue weighted by molar-refractivity contribution is -0.123. The molecule has 0 saturated carbocycles. The van der Waals surface area contributed by atoms with Gasteiger partial charge in [-0.05, 0) is 25.0 Å². The van der Waals surface area contributed by atoms with Crippen molar-refractivity contribution in [1.82, 2.24) is 0 Å². The summed E-state index contributed by atoms with van der Waals surface area (Å²) in [5.41, 5.74) is 5.60. The molecule has 0 aliphatic carbocycles. The molecule has 1 aromatic carbocycles. The summed E-state index contributed by atoms with van der Waals surface area (Å²) in [7, 11) is 1.61. The van der Waals surface area contributed by atoms with E-state index in [1.807, 2.05) is 45.0 Å². The van der Waals surface area contributed by atoms with Gasteiger partial charge in [-0.25, -0.2) is 0 Å². The quantitative estimate of drug-likeness (QED) is 0.814. The fourth-order valence-electron chi connectivity index (χ4n) is 1.84. The predicted octanol–water partition coefficient (Wildman–Crippen LogP) is 2.40. The molecule has 1 rings (SSSR count). The van der Waals surface area contributed by atoms with E-state index >= 15 is 0 Å².